The lowest BCUT2D eigenvalue weighted by Crippen LogP contribution is -2.40. The summed E-state index contributed by atoms with van der Waals surface area (Å²) in [4.78, 5) is 25.4. The number of rotatable bonds is 5. The van der Waals surface area contributed by atoms with Crippen molar-refractivity contribution in [2.24, 2.45) is 0 Å². The third-order valence-corrected chi connectivity index (χ3v) is 3.31. The van der Waals surface area contributed by atoms with Crippen LogP contribution in [0.3, 0.4) is 0 Å². The van der Waals surface area contributed by atoms with Gasteiger partial charge in [0, 0.05) is 31.6 Å². The number of ether oxygens (including phenoxy) is 1. The van der Waals surface area contributed by atoms with E-state index in [2.05, 4.69) is 5.32 Å². The number of phenols is 1. The fourth-order valence-corrected chi connectivity index (χ4v) is 2.14. The highest BCUT2D eigenvalue weighted by Crippen LogP contribution is 2.14. The van der Waals surface area contributed by atoms with E-state index in [0.29, 0.717) is 51.3 Å². The summed E-state index contributed by atoms with van der Waals surface area (Å²) in [6, 6.07) is 6.29. The summed E-state index contributed by atoms with van der Waals surface area (Å²) in [7, 11) is 0. The third kappa shape index (κ3) is 5.07. The second-order valence-corrected chi connectivity index (χ2v) is 4.94. The van der Waals surface area contributed by atoms with Gasteiger partial charge in [0.05, 0.1) is 13.2 Å². The molecule has 1 fully saturated rings. The van der Waals surface area contributed by atoms with Crippen molar-refractivity contribution in [3.63, 3.8) is 0 Å². The first-order valence-corrected chi connectivity index (χ1v) is 7.09. The molecule has 1 aliphatic rings. The molecule has 0 unspecified atom stereocenters. The van der Waals surface area contributed by atoms with Gasteiger partial charge in [-0.2, -0.15) is 0 Å². The van der Waals surface area contributed by atoms with Gasteiger partial charge in [-0.05, 0) is 30.7 Å². The Bertz CT molecular complexity index is 481. The van der Waals surface area contributed by atoms with Crippen LogP contribution in [-0.2, 0) is 14.3 Å². The average molecular weight is 292 g/mol. The van der Waals surface area contributed by atoms with E-state index in [0.717, 1.165) is 0 Å². The number of carbonyl (C=O) groups excluding carboxylic acids is 2. The lowest BCUT2D eigenvalue weighted by molar-refractivity contribution is -0.135. The summed E-state index contributed by atoms with van der Waals surface area (Å²) >= 11 is 0. The van der Waals surface area contributed by atoms with Crippen molar-refractivity contribution in [2.75, 3.05) is 31.6 Å². The Balaban J connectivity index is 1.66. The number of nitrogens with one attached hydrogen (secondary N) is 1. The molecule has 0 bridgehead atoms. The SMILES string of the molecule is O=C(CCCC(=O)N1CCOCC1)Nc1ccc(O)cc1. The molecule has 6 nitrogen and oxygen atoms in total. The number of benzene rings is 1. The van der Waals surface area contributed by atoms with Crippen LogP contribution in [0.15, 0.2) is 24.3 Å². The Morgan fingerprint density at radius 1 is 1.14 bits per heavy atom. The van der Waals surface area contributed by atoms with Crippen LogP contribution < -0.4 is 5.32 Å². The second kappa shape index (κ2) is 7.64. The van der Waals surface area contributed by atoms with Crippen molar-refractivity contribution in [1.82, 2.24) is 4.90 Å². The van der Waals surface area contributed by atoms with Crippen LogP contribution in [0.5, 0.6) is 5.75 Å². The molecule has 2 rings (SSSR count). The van der Waals surface area contributed by atoms with Crippen LogP contribution in [0.25, 0.3) is 0 Å². The predicted molar refractivity (Wildman–Crippen MR) is 78.0 cm³/mol. The van der Waals surface area contributed by atoms with Crippen LogP contribution in [0.1, 0.15) is 19.3 Å². The van der Waals surface area contributed by atoms with Crippen LogP contribution >= 0.6 is 0 Å². The highest BCUT2D eigenvalue weighted by Gasteiger charge is 2.16. The van der Waals surface area contributed by atoms with E-state index in [9.17, 15) is 9.59 Å². The summed E-state index contributed by atoms with van der Waals surface area (Å²) in [5, 5.41) is 11.9. The number of aromatic hydroxyl groups is 1. The molecule has 21 heavy (non-hydrogen) atoms. The molecule has 114 valence electrons. The third-order valence-electron chi connectivity index (χ3n) is 3.31. The zero-order valence-corrected chi connectivity index (χ0v) is 11.9. The number of amides is 2. The highest BCUT2D eigenvalue weighted by atomic mass is 16.5. The van der Waals surface area contributed by atoms with Crippen molar-refractivity contribution in [3.05, 3.63) is 24.3 Å². The largest absolute Gasteiger partial charge is 0.508 e. The van der Waals surface area contributed by atoms with Crippen LogP contribution in [0.2, 0.25) is 0 Å². The molecule has 0 radical (unpaired) electrons. The predicted octanol–water partition coefficient (Wildman–Crippen LogP) is 1.36. The molecular weight excluding hydrogens is 272 g/mol. The van der Waals surface area contributed by atoms with Gasteiger partial charge < -0.3 is 20.1 Å². The molecular formula is C15H20N2O4. The fourth-order valence-electron chi connectivity index (χ4n) is 2.14. The number of carbonyl (C=O) groups is 2. The monoisotopic (exact) mass is 292 g/mol. The molecule has 1 saturated heterocycles. The summed E-state index contributed by atoms with van der Waals surface area (Å²) in [6.07, 6.45) is 1.21. The van der Waals surface area contributed by atoms with Gasteiger partial charge in [-0.1, -0.05) is 0 Å². The van der Waals surface area contributed by atoms with Crippen LogP contribution in [-0.4, -0.2) is 48.1 Å². The Labute approximate surface area is 123 Å². The molecule has 0 atom stereocenters. The zero-order chi connectivity index (χ0) is 15.1. The zero-order valence-electron chi connectivity index (χ0n) is 11.9. The van der Waals surface area contributed by atoms with Gasteiger partial charge in [-0.25, -0.2) is 0 Å². The Hall–Kier alpha value is -2.08. The Morgan fingerprint density at radius 3 is 2.48 bits per heavy atom. The van der Waals surface area contributed by atoms with Crippen LogP contribution in [0.4, 0.5) is 5.69 Å². The molecule has 0 spiro atoms. The topological polar surface area (TPSA) is 78.9 Å². The Kier molecular flexibility index (Phi) is 5.57. The lowest BCUT2D eigenvalue weighted by Gasteiger charge is -2.26. The molecule has 0 aliphatic carbocycles. The van der Waals surface area contributed by atoms with Gasteiger partial charge in [-0.15, -0.1) is 0 Å². The van der Waals surface area contributed by atoms with E-state index in [4.69, 9.17) is 9.84 Å². The quantitative estimate of drug-likeness (QED) is 0.803. The van der Waals surface area contributed by atoms with Crippen molar-refractivity contribution in [3.8, 4) is 5.75 Å². The van der Waals surface area contributed by atoms with Crippen molar-refractivity contribution in [2.45, 2.75) is 19.3 Å². The molecule has 2 amide bonds. The second-order valence-electron chi connectivity index (χ2n) is 4.94. The number of morpholine rings is 1. The van der Waals surface area contributed by atoms with Crippen molar-refractivity contribution in [1.29, 1.82) is 0 Å². The minimum atomic E-state index is -0.129. The van der Waals surface area contributed by atoms with Gasteiger partial charge in [0.2, 0.25) is 11.8 Å². The number of nitrogens with zero attached hydrogens (tertiary/aromatic N) is 1. The minimum absolute atomic E-state index is 0.0794. The molecule has 1 heterocycles. The van der Waals surface area contributed by atoms with E-state index < -0.39 is 0 Å². The van der Waals surface area contributed by atoms with Crippen LogP contribution in [0, 0.1) is 0 Å². The first-order valence-electron chi connectivity index (χ1n) is 7.09. The van der Waals surface area contributed by atoms with E-state index in [-0.39, 0.29) is 17.6 Å². The highest BCUT2D eigenvalue weighted by molar-refractivity contribution is 5.91. The number of phenolic OH excluding ortho intramolecular Hbond substituents is 1. The van der Waals surface area contributed by atoms with E-state index in [1.54, 1.807) is 17.0 Å². The van der Waals surface area contributed by atoms with Gasteiger partial charge >= 0.3 is 0 Å². The lowest BCUT2D eigenvalue weighted by atomic mass is 10.2. The molecule has 2 N–H and O–H groups in total. The smallest absolute Gasteiger partial charge is 0.224 e. The van der Waals surface area contributed by atoms with E-state index in [1.165, 1.54) is 12.1 Å². The summed E-state index contributed by atoms with van der Waals surface area (Å²) in [5.41, 5.74) is 0.636. The van der Waals surface area contributed by atoms with Gasteiger partial charge in [0.1, 0.15) is 5.75 Å². The van der Waals surface area contributed by atoms with Gasteiger partial charge in [-0.3, -0.25) is 9.59 Å². The van der Waals surface area contributed by atoms with Gasteiger partial charge in [0.15, 0.2) is 0 Å². The van der Waals surface area contributed by atoms with Gasteiger partial charge in [0.25, 0.3) is 0 Å². The normalized spacial score (nSPS) is 14.8. The molecule has 0 saturated carbocycles. The first kappa shape index (κ1) is 15.3. The average Bonchev–Trinajstić information content (AvgIpc) is 2.50. The maximum absolute atomic E-state index is 11.9. The fraction of sp³-hybridized carbons (Fsp3) is 0.467. The van der Waals surface area contributed by atoms with Crippen molar-refractivity contribution >= 4 is 17.5 Å². The number of hydrogen-bond acceptors (Lipinski definition) is 4. The minimum Gasteiger partial charge on any atom is -0.508 e. The summed E-state index contributed by atoms with van der Waals surface area (Å²) in [5.74, 6) is 0.107. The van der Waals surface area contributed by atoms with Crippen molar-refractivity contribution < 1.29 is 19.4 Å². The first-order chi connectivity index (χ1) is 10.1. The molecule has 1 aromatic rings. The molecule has 6 heteroatoms. The maximum atomic E-state index is 11.9. The van der Waals surface area contributed by atoms with E-state index in [1.807, 2.05) is 0 Å². The van der Waals surface area contributed by atoms with E-state index >= 15 is 0 Å². The summed E-state index contributed by atoms with van der Waals surface area (Å²) < 4.78 is 5.19. The standard InChI is InChI=1S/C15H20N2O4/c18-13-6-4-12(5-7-13)16-14(19)2-1-3-15(20)17-8-10-21-11-9-17/h4-7,18H,1-3,8-11H2,(H,16,19). The Morgan fingerprint density at radius 2 is 1.81 bits per heavy atom. The number of anilines is 1. The summed E-state index contributed by atoms with van der Waals surface area (Å²) in [6.45, 7) is 2.46. The molecule has 1 aliphatic heterocycles. The molecule has 0 aromatic heterocycles. The maximum Gasteiger partial charge on any atom is 0.224 e. The number of hydrogen-bond donors (Lipinski definition) is 2. The molecule has 1 aromatic carbocycles.